The predicted octanol–water partition coefficient (Wildman–Crippen LogP) is 4.82. The van der Waals surface area contributed by atoms with Gasteiger partial charge in [-0.05, 0) is 38.8 Å². The van der Waals surface area contributed by atoms with Crippen LogP contribution in [0.1, 0.15) is 50.0 Å². The van der Waals surface area contributed by atoms with Crippen LogP contribution in [0, 0.1) is 5.82 Å². The quantitative estimate of drug-likeness (QED) is 0.738. The highest BCUT2D eigenvalue weighted by Crippen LogP contribution is 2.41. The largest absolute Gasteiger partial charge is 0.303 e. The van der Waals surface area contributed by atoms with E-state index in [0.717, 1.165) is 11.0 Å². The first kappa shape index (κ1) is 14.9. The van der Waals surface area contributed by atoms with E-state index in [2.05, 4.69) is 28.6 Å². The molecule has 1 heterocycles. The summed E-state index contributed by atoms with van der Waals surface area (Å²) in [5.41, 5.74) is 0.524. The summed E-state index contributed by atoms with van der Waals surface area (Å²) in [7, 11) is 0. The molecule has 0 saturated heterocycles. The Morgan fingerprint density at radius 1 is 1.38 bits per heavy atom. The third-order valence-electron chi connectivity index (χ3n) is 3.56. The van der Waals surface area contributed by atoms with Crippen LogP contribution in [0.4, 0.5) is 4.39 Å². The molecule has 112 valence electrons. The van der Waals surface area contributed by atoms with Gasteiger partial charge in [-0.25, -0.2) is 4.39 Å². The number of aromatic nitrogens is 3. The van der Waals surface area contributed by atoms with E-state index in [-0.39, 0.29) is 5.82 Å². The normalized spacial score (nSPS) is 14.9. The minimum absolute atomic E-state index is 0.270. The second kappa shape index (κ2) is 5.97. The zero-order chi connectivity index (χ0) is 15.0. The molecule has 0 atom stereocenters. The fourth-order valence-electron chi connectivity index (χ4n) is 2.30. The smallest absolute Gasteiger partial charge is 0.191 e. The Hall–Kier alpha value is -1.07. The monoisotopic (exact) mass is 325 g/mol. The molecule has 3 rings (SSSR count). The summed E-state index contributed by atoms with van der Waals surface area (Å²) < 4.78 is 16.0. The first-order valence-electron chi connectivity index (χ1n) is 7.08. The standard InChI is InChI=1S/C15H17ClFN3S/c1-9(2)20-14(10-6-7-10)18-19-15(20)21-8-11-12(16)4-3-5-13(11)17/h3-5,9-10H,6-8H2,1-2H3. The Morgan fingerprint density at radius 2 is 2.14 bits per heavy atom. The van der Waals surface area contributed by atoms with E-state index in [1.165, 1.54) is 30.7 Å². The average molecular weight is 326 g/mol. The lowest BCUT2D eigenvalue weighted by atomic mass is 10.2. The third kappa shape index (κ3) is 3.09. The molecular formula is C15H17ClFN3S. The highest BCUT2D eigenvalue weighted by molar-refractivity contribution is 7.98. The van der Waals surface area contributed by atoms with Gasteiger partial charge >= 0.3 is 0 Å². The molecule has 0 unspecified atom stereocenters. The van der Waals surface area contributed by atoms with E-state index < -0.39 is 0 Å². The fourth-order valence-corrected chi connectivity index (χ4v) is 3.72. The second-order valence-corrected chi connectivity index (χ2v) is 6.92. The molecule has 0 amide bonds. The molecule has 1 saturated carbocycles. The lowest BCUT2D eigenvalue weighted by Crippen LogP contribution is -2.07. The average Bonchev–Trinajstić information content (AvgIpc) is 3.18. The minimum atomic E-state index is -0.270. The van der Waals surface area contributed by atoms with E-state index in [1.54, 1.807) is 12.1 Å². The Kier molecular flexibility index (Phi) is 4.22. The van der Waals surface area contributed by atoms with Crippen LogP contribution in [-0.2, 0) is 5.75 Å². The molecule has 0 N–H and O–H groups in total. The van der Waals surface area contributed by atoms with E-state index >= 15 is 0 Å². The minimum Gasteiger partial charge on any atom is -0.303 e. The van der Waals surface area contributed by atoms with Crippen molar-refractivity contribution in [2.24, 2.45) is 0 Å². The van der Waals surface area contributed by atoms with Crippen molar-refractivity contribution in [2.75, 3.05) is 0 Å². The van der Waals surface area contributed by atoms with Crippen LogP contribution in [0.2, 0.25) is 5.02 Å². The molecule has 0 spiro atoms. The Balaban J connectivity index is 1.82. The molecule has 3 nitrogen and oxygen atoms in total. The summed E-state index contributed by atoms with van der Waals surface area (Å²) in [5, 5.41) is 9.90. The Morgan fingerprint density at radius 3 is 2.76 bits per heavy atom. The SMILES string of the molecule is CC(C)n1c(SCc2c(F)cccc2Cl)nnc1C1CC1. The van der Waals surface area contributed by atoms with Crippen LogP contribution in [0.5, 0.6) is 0 Å². The highest BCUT2D eigenvalue weighted by atomic mass is 35.5. The van der Waals surface area contributed by atoms with E-state index in [4.69, 9.17) is 11.6 Å². The number of hydrogen-bond donors (Lipinski definition) is 0. The number of nitrogens with zero attached hydrogens (tertiary/aromatic N) is 3. The van der Waals surface area contributed by atoms with Gasteiger partial charge in [0, 0.05) is 28.3 Å². The number of halogens is 2. The lowest BCUT2D eigenvalue weighted by molar-refractivity contribution is 0.526. The molecular weight excluding hydrogens is 309 g/mol. The lowest BCUT2D eigenvalue weighted by Gasteiger charge is -2.13. The number of thioether (sulfide) groups is 1. The summed E-state index contributed by atoms with van der Waals surface area (Å²) >= 11 is 7.56. The van der Waals surface area contributed by atoms with Crippen molar-refractivity contribution in [1.82, 2.24) is 14.8 Å². The van der Waals surface area contributed by atoms with Crippen molar-refractivity contribution < 1.29 is 4.39 Å². The predicted molar refractivity (Wildman–Crippen MR) is 83.4 cm³/mol. The van der Waals surface area contributed by atoms with Gasteiger partial charge in [-0.15, -0.1) is 10.2 Å². The van der Waals surface area contributed by atoms with Crippen molar-refractivity contribution >= 4 is 23.4 Å². The maximum Gasteiger partial charge on any atom is 0.191 e. The molecule has 0 bridgehead atoms. The van der Waals surface area contributed by atoms with Crippen LogP contribution in [0.15, 0.2) is 23.4 Å². The summed E-state index contributed by atoms with van der Waals surface area (Å²) in [4.78, 5) is 0. The summed E-state index contributed by atoms with van der Waals surface area (Å²) in [6.07, 6.45) is 2.38. The second-order valence-electron chi connectivity index (χ2n) is 5.57. The molecule has 21 heavy (non-hydrogen) atoms. The van der Waals surface area contributed by atoms with Gasteiger partial charge in [-0.3, -0.25) is 0 Å². The summed E-state index contributed by atoms with van der Waals surface area (Å²) in [6.45, 7) is 4.24. The van der Waals surface area contributed by atoms with Gasteiger partial charge in [0.25, 0.3) is 0 Å². The number of hydrogen-bond acceptors (Lipinski definition) is 3. The van der Waals surface area contributed by atoms with Crippen molar-refractivity contribution in [2.45, 2.75) is 49.6 Å². The molecule has 1 aromatic heterocycles. The number of benzene rings is 1. The Bertz CT molecular complexity index is 632. The summed E-state index contributed by atoms with van der Waals surface area (Å²) in [6, 6.07) is 5.07. The van der Waals surface area contributed by atoms with Crippen molar-refractivity contribution in [3.63, 3.8) is 0 Å². The maximum atomic E-state index is 13.8. The van der Waals surface area contributed by atoms with Gasteiger partial charge in [0.2, 0.25) is 0 Å². The van der Waals surface area contributed by atoms with Crippen LogP contribution < -0.4 is 0 Å². The molecule has 1 aliphatic rings. The van der Waals surface area contributed by atoms with Gasteiger partial charge in [-0.2, -0.15) is 0 Å². The zero-order valence-electron chi connectivity index (χ0n) is 12.0. The van der Waals surface area contributed by atoms with Gasteiger partial charge in [0.1, 0.15) is 11.6 Å². The van der Waals surface area contributed by atoms with Crippen LogP contribution in [0.25, 0.3) is 0 Å². The summed E-state index contributed by atoms with van der Waals surface area (Å²) in [5.74, 6) is 1.80. The first-order chi connectivity index (χ1) is 10.1. The fraction of sp³-hybridized carbons (Fsp3) is 0.467. The topological polar surface area (TPSA) is 30.7 Å². The van der Waals surface area contributed by atoms with Gasteiger partial charge < -0.3 is 4.57 Å². The molecule has 1 aromatic carbocycles. The van der Waals surface area contributed by atoms with Gasteiger partial charge in [-0.1, -0.05) is 29.4 Å². The van der Waals surface area contributed by atoms with E-state index in [1.807, 2.05) is 0 Å². The molecule has 2 aromatic rings. The van der Waals surface area contributed by atoms with Crippen LogP contribution >= 0.6 is 23.4 Å². The van der Waals surface area contributed by atoms with Crippen molar-refractivity contribution in [3.05, 3.63) is 40.4 Å². The molecule has 0 radical (unpaired) electrons. The van der Waals surface area contributed by atoms with Crippen molar-refractivity contribution in [3.8, 4) is 0 Å². The highest BCUT2D eigenvalue weighted by Gasteiger charge is 2.31. The van der Waals surface area contributed by atoms with E-state index in [0.29, 0.717) is 28.3 Å². The van der Waals surface area contributed by atoms with Crippen molar-refractivity contribution in [1.29, 1.82) is 0 Å². The molecule has 1 fully saturated rings. The van der Waals surface area contributed by atoms with Crippen LogP contribution in [-0.4, -0.2) is 14.8 Å². The molecule has 0 aliphatic heterocycles. The third-order valence-corrected chi connectivity index (χ3v) is 4.88. The first-order valence-corrected chi connectivity index (χ1v) is 8.44. The maximum absolute atomic E-state index is 13.8. The van der Waals surface area contributed by atoms with Gasteiger partial charge in [0.05, 0.1) is 0 Å². The number of rotatable bonds is 5. The van der Waals surface area contributed by atoms with Gasteiger partial charge in [0.15, 0.2) is 5.16 Å². The Labute approximate surface area is 132 Å². The molecule has 6 heteroatoms. The zero-order valence-corrected chi connectivity index (χ0v) is 13.6. The molecule has 1 aliphatic carbocycles. The van der Waals surface area contributed by atoms with Crippen LogP contribution in [0.3, 0.4) is 0 Å². The van der Waals surface area contributed by atoms with E-state index in [9.17, 15) is 4.39 Å².